The van der Waals surface area contributed by atoms with E-state index < -0.39 is 0 Å². The van der Waals surface area contributed by atoms with E-state index in [1.54, 1.807) is 17.0 Å². The second-order valence-corrected chi connectivity index (χ2v) is 9.15. The van der Waals surface area contributed by atoms with Gasteiger partial charge in [0, 0.05) is 29.9 Å². The van der Waals surface area contributed by atoms with Gasteiger partial charge in [0.25, 0.3) is 5.91 Å². The van der Waals surface area contributed by atoms with Crippen molar-refractivity contribution in [2.24, 2.45) is 17.8 Å². The number of hydrogen-bond acceptors (Lipinski definition) is 3. The summed E-state index contributed by atoms with van der Waals surface area (Å²) in [6.07, 6.45) is 7.96. The molecule has 4 fully saturated rings. The highest BCUT2D eigenvalue weighted by Crippen LogP contribution is 2.55. The molecule has 5 nitrogen and oxygen atoms in total. The zero-order valence-electron chi connectivity index (χ0n) is 17.2. The number of anilines is 1. The van der Waals surface area contributed by atoms with Crippen molar-refractivity contribution in [2.45, 2.75) is 57.9 Å². The number of carbonyl (C=O) groups excluding carboxylic acids is 2. The van der Waals surface area contributed by atoms with E-state index in [1.165, 1.54) is 38.5 Å². The Bertz CT molecular complexity index is 689. The van der Waals surface area contributed by atoms with Crippen molar-refractivity contribution in [1.82, 2.24) is 10.2 Å². The molecule has 4 saturated carbocycles. The summed E-state index contributed by atoms with van der Waals surface area (Å²) in [6, 6.07) is 7.23. The van der Waals surface area contributed by atoms with Crippen molar-refractivity contribution >= 4 is 17.5 Å². The van der Waals surface area contributed by atoms with Crippen LogP contribution in [0.4, 0.5) is 5.69 Å². The van der Waals surface area contributed by atoms with Crippen LogP contribution in [0.3, 0.4) is 0 Å². The van der Waals surface area contributed by atoms with Gasteiger partial charge in [0.2, 0.25) is 5.91 Å². The van der Waals surface area contributed by atoms with Gasteiger partial charge in [-0.1, -0.05) is 0 Å². The summed E-state index contributed by atoms with van der Waals surface area (Å²) in [6.45, 7) is 5.72. The maximum Gasteiger partial charge on any atom is 0.253 e. The van der Waals surface area contributed by atoms with Gasteiger partial charge < -0.3 is 15.5 Å². The van der Waals surface area contributed by atoms with Crippen molar-refractivity contribution < 1.29 is 9.59 Å². The van der Waals surface area contributed by atoms with E-state index >= 15 is 0 Å². The largest absolute Gasteiger partial charge is 0.339 e. The lowest BCUT2D eigenvalue weighted by molar-refractivity contribution is -0.116. The molecule has 0 heterocycles. The molecule has 0 unspecified atom stereocenters. The Morgan fingerprint density at radius 3 is 2.00 bits per heavy atom. The average Bonchev–Trinajstić information content (AvgIpc) is 2.67. The monoisotopic (exact) mass is 383 g/mol. The number of nitrogens with zero attached hydrogens (tertiary/aromatic N) is 1. The van der Waals surface area contributed by atoms with Crippen LogP contribution in [0.5, 0.6) is 0 Å². The summed E-state index contributed by atoms with van der Waals surface area (Å²) in [4.78, 5) is 26.6. The van der Waals surface area contributed by atoms with Crippen LogP contribution in [-0.4, -0.2) is 41.9 Å². The van der Waals surface area contributed by atoms with E-state index in [2.05, 4.69) is 10.6 Å². The highest BCUT2D eigenvalue weighted by molar-refractivity contribution is 5.96. The van der Waals surface area contributed by atoms with Gasteiger partial charge in [0.15, 0.2) is 0 Å². The van der Waals surface area contributed by atoms with E-state index in [9.17, 15) is 9.59 Å². The van der Waals surface area contributed by atoms with Crippen LogP contribution in [0.25, 0.3) is 0 Å². The van der Waals surface area contributed by atoms with Crippen LogP contribution in [0.2, 0.25) is 0 Å². The van der Waals surface area contributed by atoms with Gasteiger partial charge in [-0.15, -0.1) is 0 Å². The van der Waals surface area contributed by atoms with E-state index in [0.29, 0.717) is 25.2 Å². The molecular formula is C23H33N3O2. The smallest absolute Gasteiger partial charge is 0.253 e. The SMILES string of the molecule is CCN(CC)C(=O)c1ccc(NC(=O)CNC23CC4CC(CC(C4)C2)C3)cc1. The van der Waals surface area contributed by atoms with Crippen LogP contribution >= 0.6 is 0 Å². The fourth-order valence-corrected chi connectivity index (χ4v) is 6.19. The van der Waals surface area contributed by atoms with Gasteiger partial charge in [-0.3, -0.25) is 9.59 Å². The van der Waals surface area contributed by atoms with Crippen molar-refractivity contribution in [3.8, 4) is 0 Å². The highest BCUT2D eigenvalue weighted by Gasteiger charge is 2.50. The minimum Gasteiger partial charge on any atom is -0.339 e. The van der Waals surface area contributed by atoms with E-state index in [0.717, 1.165) is 23.4 Å². The molecule has 28 heavy (non-hydrogen) atoms. The quantitative estimate of drug-likeness (QED) is 0.755. The van der Waals surface area contributed by atoms with Crippen LogP contribution in [0, 0.1) is 17.8 Å². The second-order valence-electron chi connectivity index (χ2n) is 9.15. The third kappa shape index (κ3) is 3.95. The summed E-state index contributed by atoms with van der Waals surface area (Å²) in [5.41, 5.74) is 1.60. The fourth-order valence-electron chi connectivity index (χ4n) is 6.19. The van der Waals surface area contributed by atoms with Crippen molar-refractivity contribution in [2.75, 3.05) is 25.0 Å². The zero-order chi connectivity index (χ0) is 19.7. The molecule has 2 N–H and O–H groups in total. The Hall–Kier alpha value is -1.88. The predicted octanol–water partition coefficient (Wildman–Crippen LogP) is 3.67. The lowest BCUT2D eigenvalue weighted by Gasteiger charge is -2.57. The third-order valence-electron chi connectivity index (χ3n) is 7.13. The lowest BCUT2D eigenvalue weighted by Crippen LogP contribution is -2.59. The molecule has 4 aliphatic carbocycles. The normalized spacial score (nSPS) is 30.3. The maximum absolute atomic E-state index is 12.5. The number of carbonyl (C=O) groups is 2. The zero-order valence-corrected chi connectivity index (χ0v) is 17.2. The molecule has 2 amide bonds. The molecular weight excluding hydrogens is 350 g/mol. The summed E-state index contributed by atoms with van der Waals surface area (Å²) >= 11 is 0. The molecule has 1 aromatic carbocycles. The van der Waals surface area contributed by atoms with E-state index in [1.807, 2.05) is 26.0 Å². The van der Waals surface area contributed by atoms with E-state index in [4.69, 9.17) is 0 Å². The number of rotatable bonds is 7. The molecule has 0 spiro atoms. The molecule has 0 radical (unpaired) electrons. The molecule has 0 atom stereocenters. The van der Waals surface area contributed by atoms with Gasteiger partial charge >= 0.3 is 0 Å². The fraction of sp³-hybridized carbons (Fsp3) is 0.652. The Balaban J connectivity index is 1.30. The van der Waals surface area contributed by atoms with Crippen LogP contribution in [0.1, 0.15) is 62.7 Å². The first-order chi connectivity index (χ1) is 13.5. The molecule has 0 aliphatic heterocycles. The topological polar surface area (TPSA) is 61.4 Å². The summed E-state index contributed by atoms with van der Waals surface area (Å²) in [5.74, 6) is 2.65. The van der Waals surface area contributed by atoms with Gasteiger partial charge in [0.1, 0.15) is 0 Å². The number of amides is 2. The first-order valence-electron chi connectivity index (χ1n) is 10.9. The molecule has 5 heteroatoms. The number of benzene rings is 1. The molecule has 4 bridgehead atoms. The summed E-state index contributed by atoms with van der Waals surface area (Å²) in [5, 5.41) is 6.61. The first kappa shape index (κ1) is 19.4. The molecule has 0 saturated heterocycles. The maximum atomic E-state index is 12.5. The molecule has 4 aliphatic rings. The molecule has 1 aromatic rings. The summed E-state index contributed by atoms with van der Waals surface area (Å²) in [7, 11) is 0. The van der Waals surface area contributed by atoms with Crippen LogP contribution in [-0.2, 0) is 4.79 Å². The Kier molecular flexibility index (Phi) is 5.46. The van der Waals surface area contributed by atoms with Crippen LogP contribution in [0.15, 0.2) is 24.3 Å². The molecule has 152 valence electrons. The van der Waals surface area contributed by atoms with E-state index in [-0.39, 0.29) is 17.4 Å². The van der Waals surface area contributed by atoms with Gasteiger partial charge in [-0.2, -0.15) is 0 Å². The van der Waals surface area contributed by atoms with Gasteiger partial charge in [-0.05, 0) is 94.4 Å². The summed E-state index contributed by atoms with van der Waals surface area (Å²) < 4.78 is 0. The lowest BCUT2D eigenvalue weighted by atomic mass is 9.53. The Morgan fingerprint density at radius 2 is 1.50 bits per heavy atom. The average molecular weight is 384 g/mol. The Labute approximate surface area is 168 Å². The minimum absolute atomic E-state index is 0.00133. The predicted molar refractivity (Wildman–Crippen MR) is 111 cm³/mol. The van der Waals surface area contributed by atoms with Crippen molar-refractivity contribution in [1.29, 1.82) is 0 Å². The second kappa shape index (κ2) is 7.86. The minimum atomic E-state index is -0.00133. The molecule has 5 rings (SSSR count). The van der Waals surface area contributed by atoms with Crippen molar-refractivity contribution in [3.63, 3.8) is 0 Å². The Morgan fingerprint density at radius 1 is 0.964 bits per heavy atom. The van der Waals surface area contributed by atoms with Gasteiger partial charge in [0.05, 0.1) is 6.54 Å². The van der Waals surface area contributed by atoms with Gasteiger partial charge in [-0.25, -0.2) is 0 Å². The third-order valence-corrected chi connectivity index (χ3v) is 7.13. The van der Waals surface area contributed by atoms with Crippen LogP contribution < -0.4 is 10.6 Å². The van der Waals surface area contributed by atoms with Crippen molar-refractivity contribution in [3.05, 3.63) is 29.8 Å². The first-order valence-corrected chi connectivity index (χ1v) is 10.9. The standard InChI is InChI=1S/C23H33N3O2/c1-3-26(4-2)22(28)19-5-7-20(8-6-19)25-21(27)15-24-23-12-16-9-17(13-23)11-18(10-16)14-23/h5-8,16-18,24H,3-4,9-15H2,1-2H3,(H,25,27). The number of hydrogen-bond donors (Lipinski definition) is 2. The number of nitrogens with one attached hydrogen (secondary N) is 2. The highest BCUT2D eigenvalue weighted by atomic mass is 16.2. The molecule has 0 aromatic heterocycles.